The Morgan fingerprint density at radius 1 is 1.83 bits per heavy atom. The van der Waals surface area contributed by atoms with Crippen LogP contribution in [0.2, 0.25) is 0 Å². The third-order valence-electron chi connectivity index (χ3n) is 0.455. The van der Waals surface area contributed by atoms with Crippen molar-refractivity contribution in [2.24, 2.45) is 0 Å². The molecule has 0 aliphatic heterocycles. The number of aromatic hydroxyl groups is 1. The summed E-state index contributed by atoms with van der Waals surface area (Å²) in [4.78, 5) is 0. The Labute approximate surface area is 35.0 Å². The zero-order valence-electron chi connectivity index (χ0n) is 3.01. The van der Waals surface area contributed by atoms with Crippen molar-refractivity contribution in [1.82, 2.24) is 0 Å². The number of hydrogen-bond acceptors (Lipinski definition) is 2. The van der Waals surface area contributed by atoms with E-state index in [2.05, 4.69) is 10.5 Å². The molecule has 6 heavy (non-hydrogen) atoms. The Hall–Kier alpha value is -0.920. The molecule has 0 aromatic carbocycles. The van der Waals surface area contributed by atoms with Gasteiger partial charge in [0.1, 0.15) is 12.5 Å². The predicted octanol–water partition coefficient (Wildman–Crippen LogP) is 0.785. The lowest BCUT2D eigenvalue weighted by Crippen LogP contribution is -1.41. The van der Waals surface area contributed by atoms with Crippen LogP contribution in [-0.2, 0) is 0 Å². The lowest BCUT2D eigenvalue weighted by Gasteiger charge is -1.65. The molecule has 1 heterocycles. The van der Waals surface area contributed by atoms with Gasteiger partial charge in [0.25, 0.3) is 0 Å². The average molecular weight is 83.1 g/mol. The summed E-state index contributed by atoms with van der Waals surface area (Å²) in [5.74, 6) is 0.0509. The van der Waals surface area contributed by atoms with Gasteiger partial charge < -0.3 is 9.52 Å². The van der Waals surface area contributed by atoms with Crippen molar-refractivity contribution >= 4 is 0 Å². The summed E-state index contributed by atoms with van der Waals surface area (Å²) >= 11 is 0. The van der Waals surface area contributed by atoms with Crippen LogP contribution in [0.25, 0.3) is 0 Å². The maximum Gasteiger partial charge on any atom is 0.161 e. The average Bonchev–Trinajstić information content (AvgIpc) is 1.86. The second-order valence-electron chi connectivity index (χ2n) is 0.901. The third-order valence-corrected chi connectivity index (χ3v) is 0.455. The molecule has 0 bridgehead atoms. The van der Waals surface area contributed by atoms with E-state index in [9.17, 15) is 0 Å². The highest BCUT2D eigenvalue weighted by Gasteiger charge is 1.80. The van der Waals surface area contributed by atoms with Gasteiger partial charge in [-0.2, -0.15) is 0 Å². The van der Waals surface area contributed by atoms with Crippen molar-refractivity contribution in [2.75, 3.05) is 0 Å². The predicted molar refractivity (Wildman–Crippen MR) is 19.2 cm³/mol. The van der Waals surface area contributed by atoms with Gasteiger partial charge >= 0.3 is 0 Å². The molecular weight excluding hydrogens is 80.0 g/mol. The minimum atomic E-state index is 0.0509. The fourth-order valence-corrected chi connectivity index (χ4v) is 0.227. The van der Waals surface area contributed by atoms with Crippen molar-refractivity contribution in [3.63, 3.8) is 0 Å². The summed E-state index contributed by atoms with van der Waals surface area (Å²) in [5.41, 5.74) is 0. The first-order valence-corrected chi connectivity index (χ1v) is 1.52. The van der Waals surface area contributed by atoms with Gasteiger partial charge in [-0.3, -0.25) is 0 Å². The number of furan rings is 1. The van der Waals surface area contributed by atoms with E-state index in [-0.39, 0.29) is 5.75 Å². The molecule has 1 rings (SSSR count). The van der Waals surface area contributed by atoms with Crippen molar-refractivity contribution in [1.29, 1.82) is 0 Å². The Kier molecular flexibility index (Phi) is 0.572. The summed E-state index contributed by atoms with van der Waals surface area (Å²) < 4.78 is 4.41. The van der Waals surface area contributed by atoms with Crippen LogP contribution in [0.1, 0.15) is 0 Å². The Morgan fingerprint density at radius 2 is 2.67 bits per heavy atom. The monoisotopic (exact) mass is 83.0 g/mol. The largest absolute Gasteiger partial charge is 0.504 e. The van der Waals surface area contributed by atoms with E-state index < -0.39 is 0 Å². The summed E-state index contributed by atoms with van der Waals surface area (Å²) in [6, 6.07) is 2.39. The van der Waals surface area contributed by atoms with Gasteiger partial charge in [-0.05, 0) is 0 Å². The van der Waals surface area contributed by atoms with E-state index in [0.717, 1.165) is 0 Å². The van der Waals surface area contributed by atoms with Gasteiger partial charge in [0.2, 0.25) is 0 Å². The van der Waals surface area contributed by atoms with Crippen LogP contribution in [-0.4, -0.2) is 5.11 Å². The first kappa shape index (κ1) is 3.28. The number of hydrogen-bond donors (Lipinski definition) is 1. The maximum atomic E-state index is 8.32. The van der Waals surface area contributed by atoms with Gasteiger partial charge in [-0.15, -0.1) is 0 Å². The number of rotatable bonds is 0. The zero-order chi connectivity index (χ0) is 4.41. The molecule has 0 amide bonds. The van der Waals surface area contributed by atoms with Crippen LogP contribution in [0.5, 0.6) is 5.75 Å². The first-order valence-electron chi connectivity index (χ1n) is 1.52. The molecular formula is C4H3O2. The molecule has 0 fully saturated rings. The maximum absolute atomic E-state index is 8.32. The van der Waals surface area contributed by atoms with Crippen LogP contribution in [0.15, 0.2) is 16.9 Å². The molecule has 0 saturated heterocycles. The fourth-order valence-electron chi connectivity index (χ4n) is 0.227. The molecule has 0 saturated carbocycles. The van der Waals surface area contributed by atoms with Crippen molar-refractivity contribution in [3.05, 3.63) is 18.6 Å². The Bertz CT molecular complexity index is 109. The van der Waals surface area contributed by atoms with Crippen molar-refractivity contribution in [2.45, 2.75) is 0 Å². The van der Waals surface area contributed by atoms with Crippen molar-refractivity contribution < 1.29 is 9.52 Å². The van der Waals surface area contributed by atoms with Gasteiger partial charge in [-0.1, -0.05) is 0 Å². The SMILES string of the molecule is Oc1[c]coc1. The molecule has 1 aromatic heterocycles. The van der Waals surface area contributed by atoms with Gasteiger partial charge in [-0.25, -0.2) is 0 Å². The van der Waals surface area contributed by atoms with Crippen LogP contribution in [0, 0.1) is 6.07 Å². The van der Waals surface area contributed by atoms with E-state index >= 15 is 0 Å². The smallest absolute Gasteiger partial charge is 0.161 e. The van der Waals surface area contributed by atoms with Gasteiger partial charge in [0, 0.05) is 0 Å². The van der Waals surface area contributed by atoms with E-state index in [1.165, 1.54) is 12.5 Å². The summed E-state index contributed by atoms with van der Waals surface area (Å²) in [7, 11) is 0. The lowest BCUT2D eigenvalue weighted by molar-refractivity contribution is 0.458. The minimum Gasteiger partial charge on any atom is -0.504 e. The molecule has 2 heteroatoms. The van der Waals surface area contributed by atoms with Gasteiger partial charge in [0.15, 0.2) is 5.75 Å². The molecule has 0 unspecified atom stereocenters. The minimum absolute atomic E-state index is 0.0509. The van der Waals surface area contributed by atoms with E-state index in [0.29, 0.717) is 0 Å². The Balaban J connectivity index is 3.05. The van der Waals surface area contributed by atoms with E-state index in [1.807, 2.05) is 0 Å². The molecule has 1 aromatic rings. The van der Waals surface area contributed by atoms with Crippen molar-refractivity contribution in [3.8, 4) is 5.75 Å². The molecule has 0 spiro atoms. The van der Waals surface area contributed by atoms with Crippen LogP contribution in [0.3, 0.4) is 0 Å². The summed E-state index contributed by atoms with van der Waals surface area (Å²) in [6.45, 7) is 0. The van der Waals surface area contributed by atoms with E-state index in [4.69, 9.17) is 5.11 Å². The highest BCUT2D eigenvalue weighted by molar-refractivity contribution is 5.07. The van der Waals surface area contributed by atoms with Crippen LogP contribution < -0.4 is 0 Å². The van der Waals surface area contributed by atoms with Gasteiger partial charge in [0.05, 0.1) is 6.07 Å². The zero-order valence-corrected chi connectivity index (χ0v) is 3.01. The topological polar surface area (TPSA) is 33.4 Å². The molecule has 31 valence electrons. The highest BCUT2D eigenvalue weighted by Crippen LogP contribution is 2.03. The molecule has 1 radical (unpaired) electrons. The lowest BCUT2D eigenvalue weighted by atomic mass is 10.6. The second kappa shape index (κ2) is 1.05. The fraction of sp³-hybridized carbons (Fsp3) is 0. The second-order valence-corrected chi connectivity index (χ2v) is 0.901. The van der Waals surface area contributed by atoms with Crippen LogP contribution >= 0.6 is 0 Å². The molecule has 1 N–H and O–H groups in total. The first-order chi connectivity index (χ1) is 2.89. The third kappa shape index (κ3) is 0.360. The standard InChI is InChI=1S/C4H3O2/c5-4-1-2-6-3-4/h2-3,5H. The van der Waals surface area contributed by atoms with E-state index in [1.54, 1.807) is 0 Å². The molecule has 0 aliphatic carbocycles. The molecule has 0 atom stereocenters. The molecule has 2 nitrogen and oxygen atoms in total. The summed E-state index contributed by atoms with van der Waals surface area (Å²) in [6.07, 6.45) is 2.50. The highest BCUT2D eigenvalue weighted by atomic mass is 16.3. The normalized spacial score (nSPS) is 8.67. The molecule has 0 aliphatic rings. The Morgan fingerprint density at radius 3 is 2.83 bits per heavy atom. The quantitative estimate of drug-likeness (QED) is 0.503. The van der Waals surface area contributed by atoms with Crippen LogP contribution in [0.4, 0.5) is 0 Å². The summed E-state index contributed by atoms with van der Waals surface area (Å²) in [5, 5.41) is 8.32.